The van der Waals surface area contributed by atoms with Crippen LogP contribution in [0.5, 0.6) is 0 Å². The molecule has 5 heteroatoms. The number of nitrogens with one attached hydrogen (secondary N) is 1. The van der Waals surface area contributed by atoms with Crippen molar-refractivity contribution in [3.05, 3.63) is 35.9 Å². The largest absolute Gasteiger partial charge is 0.355 e. The SMILES string of the molecule is NCCNC(=O)C1CCCN(C(=O)C2(Cc3ccccc3)CC3CCC2C3)C1. The third kappa shape index (κ3) is 3.69. The lowest BCUT2D eigenvalue weighted by atomic mass is 9.68. The molecule has 0 aromatic heterocycles. The summed E-state index contributed by atoms with van der Waals surface area (Å²) in [4.78, 5) is 28.3. The molecule has 1 aromatic carbocycles. The summed E-state index contributed by atoms with van der Waals surface area (Å²) >= 11 is 0. The minimum absolute atomic E-state index is 0.0491. The van der Waals surface area contributed by atoms with Crippen LogP contribution >= 0.6 is 0 Å². The first-order chi connectivity index (χ1) is 13.6. The summed E-state index contributed by atoms with van der Waals surface area (Å²) in [6, 6.07) is 10.5. The fourth-order valence-electron chi connectivity index (χ4n) is 5.99. The van der Waals surface area contributed by atoms with E-state index >= 15 is 0 Å². The minimum Gasteiger partial charge on any atom is -0.355 e. The molecule has 0 radical (unpaired) electrons. The molecule has 4 unspecified atom stereocenters. The van der Waals surface area contributed by atoms with E-state index in [4.69, 9.17) is 5.73 Å². The van der Waals surface area contributed by atoms with Gasteiger partial charge in [0, 0.05) is 26.2 Å². The highest BCUT2D eigenvalue weighted by atomic mass is 16.2. The molecular weight excluding hydrogens is 350 g/mol. The molecule has 2 bridgehead atoms. The van der Waals surface area contributed by atoms with Gasteiger partial charge in [0.1, 0.15) is 0 Å². The first-order valence-electron chi connectivity index (χ1n) is 10.9. The number of nitrogens with zero attached hydrogens (tertiary/aromatic N) is 1. The topological polar surface area (TPSA) is 75.4 Å². The Labute approximate surface area is 168 Å². The van der Waals surface area contributed by atoms with Crippen molar-refractivity contribution in [1.29, 1.82) is 0 Å². The van der Waals surface area contributed by atoms with E-state index in [1.54, 1.807) is 0 Å². The molecule has 3 N–H and O–H groups in total. The van der Waals surface area contributed by atoms with Crippen LogP contribution in [-0.4, -0.2) is 42.9 Å². The zero-order valence-electron chi connectivity index (χ0n) is 16.7. The Morgan fingerprint density at radius 2 is 2.00 bits per heavy atom. The number of nitrogens with two attached hydrogens (primary N) is 1. The van der Waals surface area contributed by atoms with E-state index in [1.165, 1.54) is 24.8 Å². The number of carbonyl (C=O) groups excluding carboxylic acids is 2. The van der Waals surface area contributed by atoms with Gasteiger partial charge < -0.3 is 16.0 Å². The van der Waals surface area contributed by atoms with Crippen molar-refractivity contribution in [3.8, 4) is 0 Å². The van der Waals surface area contributed by atoms with Gasteiger partial charge in [-0.15, -0.1) is 0 Å². The van der Waals surface area contributed by atoms with Gasteiger partial charge in [-0.3, -0.25) is 9.59 Å². The number of amides is 2. The summed E-state index contributed by atoms with van der Waals surface area (Å²) in [7, 11) is 0. The lowest BCUT2D eigenvalue weighted by molar-refractivity contribution is -0.148. The second-order valence-corrected chi connectivity index (χ2v) is 9.07. The highest BCUT2D eigenvalue weighted by Crippen LogP contribution is 2.58. The van der Waals surface area contributed by atoms with E-state index in [-0.39, 0.29) is 17.2 Å². The Balaban J connectivity index is 1.52. The van der Waals surface area contributed by atoms with E-state index in [9.17, 15) is 9.59 Å². The molecule has 2 amide bonds. The molecule has 152 valence electrons. The summed E-state index contributed by atoms with van der Waals surface area (Å²) in [5, 5.41) is 2.91. The Morgan fingerprint density at radius 3 is 2.68 bits per heavy atom. The van der Waals surface area contributed by atoms with Gasteiger partial charge in [0.25, 0.3) is 0 Å². The summed E-state index contributed by atoms with van der Waals surface area (Å²) in [6.07, 6.45) is 7.28. The molecule has 1 heterocycles. The summed E-state index contributed by atoms with van der Waals surface area (Å²) in [5.74, 6) is 1.45. The molecule has 1 aliphatic heterocycles. The Morgan fingerprint density at radius 1 is 1.18 bits per heavy atom. The molecular formula is C23H33N3O2. The number of piperidine rings is 1. The molecule has 5 nitrogen and oxygen atoms in total. The number of benzene rings is 1. The van der Waals surface area contributed by atoms with Crippen LogP contribution in [-0.2, 0) is 16.0 Å². The highest BCUT2D eigenvalue weighted by molar-refractivity contribution is 5.86. The lowest BCUT2D eigenvalue weighted by Crippen LogP contribution is -2.53. The molecule has 4 rings (SSSR count). The van der Waals surface area contributed by atoms with E-state index < -0.39 is 0 Å². The van der Waals surface area contributed by atoms with Crippen LogP contribution < -0.4 is 11.1 Å². The summed E-state index contributed by atoms with van der Waals surface area (Å²) < 4.78 is 0. The zero-order valence-corrected chi connectivity index (χ0v) is 16.7. The summed E-state index contributed by atoms with van der Waals surface area (Å²) in [6.45, 7) is 2.30. The molecule has 28 heavy (non-hydrogen) atoms. The number of hydrogen-bond acceptors (Lipinski definition) is 3. The fourth-order valence-corrected chi connectivity index (χ4v) is 5.99. The number of rotatable bonds is 6. The molecule has 3 aliphatic rings. The van der Waals surface area contributed by atoms with E-state index in [0.29, 0.717) is 37.4 Å². The molecule has 1 saturated heterocycles. The number of fused-ring (bicyclic) bond motifs is 2. The van der Waals surface area contributed by atoms with Gasteiger partial charge in [0.2, 0.25) is 11.8 Å². The van der Waals surface area contributed by atoms with Crippen molar-refractivity contribution < 1.29 is 9.59 Å². The Kier molecular flexibility index (Phi) is 5.72. The normalized spacial score (nSPS) is 31.8. The molecule has 4 atom stereocenters. The van der Waals surface area contributed by atoms with Gasteiger partial charge >= 0.3 is 0 Å². The fraction of sp³-hybridized carbons (Fsp3) is 0.652. The van der Waals surface area contributed by atoms with E-state index in [2.05, 4.69) is 29.6 Å². The minimum atomic E-state index is -0.264. The maximum absolute atomic E-state index is 13.9. The van der Waals surface area contributed by atoms with Gasteiger partial charge in [-0.1, -0.05) is 36.8 Å². The van der Waals surface area contributed by atoms with Crippen LogP contribution in [0.2, 0.25) is 0 Å². The van der Waals surface area contributed by atoms with Crippen molar-refractivity contribution in [2.24, 2.45) is 28.9 Å². The molecule has 3 fully saturated rings. The van der Waals surface area contributed by atoms with Crippen molar-refractivity contribution in [2.75, 3.05) is 26.2 Å². The van der Waals surface area contributed by atoms with Gasteiger partial charge in [-0.05, 0) is 55.9 Å². The average molecular weight is 384 g/mol. The third-order valence-corrected chi connectivity index (χ3v) is 7.29. The van der Waals surface area contributed by atoms with Crippen LogP contribution in [0.1, 0.15) is 44.1 Å². The maximum Gasteiger partial charge on any atom is 0.229 e. The van der Waals surface area contributed by atoms with E-state index in [0.717, 1.165) is 32.2 Å². The predicted molar refractivity (Wildman–Crippen MR) is 109 cm³/mol. The van der Waals surface area contributed by atoms with Gasteiger partial charge in [0.15, 0.2) is 0 Å². The van der Waals surface area contributed by atoms with E-state index in [1.807, 2.05) is 11.0 Å². The quantitative estimate of drug-likeness (QED) is 0.792. The van der Waals surface area contributed by atoms with Crippen molar-refractivity contribution in [1.82, 2.24) is 10.2 Å². The second kappa shape index (κ2) is 8.24. The van der Waals surface area contributed by atoms with Crippen LogP contribution in [0.3, 0.4) is 0 Å². The van der Waals surface area contributed by atoms with Crippen molar-refractivity contribution in [3.63, 3.8) is 0 Å². The lowest BCUT2D eigenvalue weighted by Gasteiger charge is -2.43. The smallest absolute Gasteiger partial charge is 0.229 e. The number of carbonyl (C=O) groups is 2. The monoisotopic (exact) mass is 383 g/mol. The van der Waals surface area contributed by atoms with Crippen LogP contribution in [0.25, 0.3) is 0 Å². The number of hydrogen-bond donors (Lipinski definition) is 2. The first kappa shape index (κ1) is 19.4. The number of likely N-dealkylation sites (tertiary alicyclic amines) is 1. The Bertz CT molecular complexity index is 707. The van der Waals surface area contributed by atoms with Gasteiger partial charge in [-0.2, -0.15) is 0 Å². The van der Waals surface area contributed by atoms with Crippen LogP contribution in [0.4, 0.5) is 0 Å². The van der Waals surface area contributed by atoms with Crippen molar-refractivity contribution >= 4 is 11.8 Å². The Hall–Kier alpha value is -1.88. The summed E-state index contributed by atoms with van der Waals surface area (Å²) in [5.41, 5.74) is 6.51. The standard InChI is InChI=1S/C23H33N3O2/c24-10-11-25-21(27)19-7-4-12-26(16-19)22(28)23(14-17-5-2-1-3-6-17)15-18-8-9-20(23)13-18/h1-3,5-6,18-20H,4,7-16,24H2,(H,25,27). The molecule has 0 spiro atoms. The average Bonchev–Trinajstić information content (AvgIpc) is 3.34. The first-order valence-corrected chi connectivity index (χ1v) is 10.9. The third-order valence-electron chi connectivity index (χ3n) is 7.29. The predicted octanol–water partition coefficient (Wildman–Crippen LogP) is 2.35. The zero-order chi connectivity index (χ0) is 19.6. The van der Waals surface area contributed by atoms with Crippen LogP contribution in [0, 0.1) is 23.2 Å². The maximum atomic E-state index is 13.9. The van der Waals surface area contributed by atoms with Crippen molar-refractivity contribution in [2.45, 2.75) is 44.9 Å². The highest BCUT2D eigenvalue weighted by Gasteiger charge is 2.56. The molecule has 2 aliphatic carbocycles. The molecule has 2 saturated carbocycles. The van der Waals surface area contributed by atoms with Crippen LogP contribution in [0.15, 0.2) is 30.3 Å². The molecule has 1 aromatic rings. The van der Waals surface area contributed by atoms with Gasteiger partial charge in [-0.25, -0.2) is 0 Å². The second-order valence-electron chi connectivity index (χ2n) is 9.07. The van der Waals surface area contributed by atoms with Gasteiger partial charge in [0.05, 0.1) is 11.3 Å².